The molecule has 2 aliphatic rings. The summed E-state index contributed by atoms with van der Waals surface area (Å²) in [4.78, 5) is 24.3. The largest absolute Gasteiger partial charge is 0.360 e. The van der Waals surface area contributed by atoms with E-state index in [1.165, 1.54) is 0 Å². The standard InChI is InChI=1S/C18H19N3O3/c22-17(11-8-9-11)19-12-4-3-5-13(10-12)20-18(23)16-14-6-1-2-7-15(14)24-21-16/h3-5,10-11H,1-2,6-9H2,(H,19,22)(H,20,23). The number of fused-ring (bicyclic) bond motifs is 1. The molecule has 1 aromatic carbocycles. The maximum Gasteiger partial charge on any atom is 0.278 e. The first-order chi connectivity index (χ1) is 11.7. The number of carbonyl (C=O) groups is 2. The fraction of sp³-hybridized carbons (Fsp3) is 0.389. The molecule has 6 nitrogen and oxygen atoms in total. The van der Waals surface area contributed by atoms with Gasteiger partial charge in [-0.2, -0.15) is 0 Å². The molecule has 1 fully saturated rings. The predicted molar refractivity (Wildman–Crippen MR) is 88.9 cm³/mol. The van der Waals surface area contributed by atoms with Crippen LogP contribution in [0.5, 0.6) is 0 Å². The van der Waals surface area contributed by atoms with Gasteiger partial charge in [0.1, 0.15) is 5.76 Å². The monoisotopic (exact) mass is 325 g/mol. The Hall–Kier alpha value is -2.63. The van der Waals surface area contributed by atoms with Gasteiger partial charge in [0.05, 0.1) is 0 Å². The summed E-state index contributed by atoms with van der Waals surface area (Å²) in [7, 11) is 0. The molecule has 0 saturated heterocycles. The van der Waals surface area contributed by atoms with Gasteiger partial charge in [-0.3, -0.25) is 9.59 Å². The van der Waals surface area contributed by atoms with Crippen molar-refractivity contribution >= 4 is 23.2 Å². The lowest BCUT2D eigenvalue weighted by Crippen LogP contribution is -2.16. The van der Waals surface area contributed by atoms with Crippen molar-refractivity contribution in [3.8, 4) is 0 Å². The summed E-state index contributed by atoms with van der Waals surface area (Å²) < 4.78 is 5.29. The first-order valence-electron chi connectivity index (χ1n) is 8.40. The number of nitrogens with zero attached hydrogens (tertiary/aromatic N) is 1. The van der Waals surface area contributed by atoms with E-state index in [2.05, 4.69) is 15.8 Å². The van der Waals surface area contributed by atoms with E-state index < -0.39 is 0 Å². The van der Waals surface area contributed by atoms with Gasteiger partial charge in [0, 0.05) is 29.3 Å². The summed E-state index contributed by atoms with van der Waals surface area (Å²) in [5.41, 5.74) is 2.61. The molecule has 0 bridgehead atoms. The lowest BCUT2D eigenvalue weighted by molar-refractivity contribution is -0.117. The maximum absolute atomic E-state index is 12.5. The average Bonchev–Trinajstić information content (AvgIpc) is 3.34. The smallest absolute Gasteiger partial charge is 0.278 e. The molecule has 1 saturated carbocycles. The number of aromatic nitrogens is 1. The van der Waals surface area contributed by atoms with Crippen LogP contribution in [-0.2, 0) is 17.6 Å². The van der Waals surface area contributed by atoms with Crippen molar-refractivity contribution < 1.29 is 14.1 Å². The van der Waals surface area contributed by atoms with Gasteiger partial charge < -0.3 is 15.2 Å². The molecule has 1 aromatic heterocycles. The van der Waals surface area contributed by atoms with Crippen molar-refractivity contribution in [3.63, 3.8) is 0 Å². The van der Waals surface area contributed by atoms with Crippen molar-refractivity contribution in [2.45, 2.75) is 38.5 Å². The molecule has 2 amide bonds. The second-order valence-electron chi connectivity index (χ2n) is 6.44. The Labute approximate surface area is 139 Å². The van der Waals surface area contributed by atoms with E-state index in [4.69, 9.17) is 4.52 Å². The number of hydrogen-bond acceptors (Lipinski definition) is 4. The summed E-state index contributed by atoms with van der Waals surface area (Å²) >= 11 is 0. The fourth-order valence-corrected chi connectivity index (χ4v) is 3.02. The average molecular weight is 325 g/mol. The van der Waals surface area contributed by atoms with Crippen LogP contribution in [0.25, 0.3) is 0 Å². The highest BCUT2D eigenvalue weighted by molar-refractivity contribution is 6.04. The van der Waals surface area contributed by atoms with Crippen LogP contribution in [0.15, 0.2) is 28.8 Å². The van der Waals surface area contributed by atoms with Gasteiger partial charge in [-0.15, -0.1) is 0 Å². The van der Waals surface area contributed by atoms with E-state index >= 15 is 0 Å². The molecule has 2 aliphatic carbocycles. The number of amides is 2. The quantitative estimate of drug-likeness (QED) is 0.904. The molecule has 4 rings (SSSR count). The molecular weight excluding hydrogens is 306 g/mol. The van der Waals surface area contributed by atoms with Gasteiger partial charge in [0.2, 0.25) is 5.91 Å². The molecule has 0 spiro atoms. The van der Waals surface area contributed by atoms with Crippen LogP contribution in [0.4, 0.5) is 11.4 Å². The lowest BCUT2D eigenvalue weighted by Gasteiger charge is -2.10. The Morgan fingerprint density at radius 1 is 1.08 bits per heavy atom. The molecule has 6 heteroatoms. The Morgan fingerprint density at radius 2 is 1.83 bits per heavy atom. The van der Waals surface area contributed by atoms with Gasteiger partial charge in [-0.1, -0.05) is 11.2 Å². The first-order valence-corrected chi connectivity index (χ1v) is 8.40. The summed E-state index contributed by atoms with van der Waals surface area (Å²) in [5.74, 6) is 0.748. The van der Waals surface area contributed by atoms with Crippen LogP contribution in [0, 0.1) is 5.92 Å². The van der Waals surface area contributed by atoms with Gasteiger partial charge in [-0.05, 0) is 50.3 Å². The van der Waals surface area contributed by atoms with Gasteiger partial charge in [-0.25, -0.2) is 0 Å². The van der Waals surface area contributed by atoms with Crippen LogP contribution in [0.1, 0.15) is 47.5 Å². The van der Waals surface area contributed by atoms with Crippen LogP contribution < -0.4 is 10.6 Å². The Morgan fingerprint density at radius 3 is 2.62 bits per heavy atom. The summed E-state index contributed by atoms with van der Waals surface area (Å²) in [6.07, 6.45) is 5.72. The van der Waals surface area contributed by atoms with E-state index in [1.807, 2.05) is 6.07 Å². The van der Waals surface area contributed by atoms with Crippen molar-refractivity contribution in [2.75, 3.05) is 10.6 Å². The number of rotatable bonds is 4. The minimum Gasteiger partial charge on any atom is -0.360 e. The third kappa shape index (κ3) is 3.04. The van der Waals surface area contributed by atoms with Crippen LogP contribution in [-0.4, -0.2) is 17.0 Å². The maximum atomic E-state index is 12.5. The molecule has 2 aromatic rings. The Balaban J connectivity index is 1.47. The van der Waals surface area contributed by atoms with Crippen molar-refractivity contribution in [2.24, 2.45) is 5.92 Å². The minimum absolute atomic E-state index is 0.0454. The highest BCUT2D eigenvalue weighted by Gasteiger charge is 2.29. The summed E-state index contributed by atoms with van der Waals surface area (Å²) in [5, 5.41) is 9.66. The van der Waals surface area contributed by atoms with Gasteiger partial charge >= 0.3 is 0 Å². The second kappa shape index (κ2) is 6.11. The van der Waals surface area contributed by atoms with Crippen molar-refractivity contribution in [1.82, 2.24) is 5.16 Å². The predicted octanol–water partition coefficient (Wildman–Crippen LogP) is 3.15. The number of benzene rings is 1. The van der Waals surface area contributed by atoms with E-state index in [0.29, 0.717) is 17.1 Å². The number of carbonyl (C=O) groups excluding carboxylic acids is 2. The lowest BCUT2D eigenvalue weighted by atomic mass is 9.96. The first kappa shape index (κ1) is 14.9. The molecule has 0 aliphatic heterocycles. The zero-order valence-electron chi connectivity index (χ0n) is 13.3. The van der Waals surface area contributed by atoms with Crippen LogP contribution >= 0.6 is 0 Å². The Bertz CT molecular complexity index is 793. The third-order valence-electron chi connectivity index (χ3n) is 4.50. The third-order valence-corrected chi connectivity index (χ3v) is 4.50. The van der Waals surface area contributed by atoms with Gasteiger partial charge in [0.15, 0.2) is 5.69 Å². The molecule has 124 valence electrons. The zero-order valence-corrected chi connectivity index (χ0v) is 13.3. The van der Waals surface area contributed by atoms with Crippen molar-refractivity contribution in [1.29, 1.82) is 0 Å². The van der Waals surface area contributed by atoms with E-state index in [0.717, 1.165) is 49.8 Å². The minimum atomic E-state index is -0.271. The molecule has 0 atom stereocenters. The molecule has 24 heavy (non-hydrogen) atoms. The topological polar surface area (TPSA) is 84.2 Å². The number of nitrogens with one attached hydrogen (secondary N) is 2. The highest BCUT2D eigenvalue weighted by Crippen LogP contribution is 2.30. The molecule has 0 radical (unpaired) electrons. The molecule has 2 N–H and O–H groups in total. The number of anilines is 2. The van der Waals surface area contributed by atoms with Crippen LogP contribution in [0.2, 0.25) is 0 Å². The van der Waals surface area contributed by atoms with E-state index in [1.54, 1.807) is 18.2 Å². The second-order valence-corrected chi connectivity index (χ2v) is 6.44. The summed E-state index contributed by atoms with van der Waals surface area (Å²) in [6.45, 7) is 0. The zero-order chi connectivity index (χ0) is 16.5. The molecular formula is C18H19N3O3. The normalized spacial score (nSPS) is 16.3. The molecule has 0 unspecified atom stereocenters. The van der Waals surface area contributed by atoms with Gasteiger partial charge in [0.25, 0.3) is 5.91 Å². The summed E-state index contributed by atoms with van der Waals surface area (Å²) in [6, 6.07) is 7.16. The Kier molecular flexibility index (Phi) is 3.80. The fourth-order valence-electron chi connectivity index (χ4n) is 3.02. The van der Waals surface area contributed by atoms with Crippen molar-refractivity contribution in [3.05, 3.63) is 41.3 Å². The molecule has 1 heterocycles. The van der Waals surface area contributed by atoms with E-state index in [9.17, 15) is 9.59 Å². The van der Waals surface area contributed by atoms with Crippen LogP contribution in [0.3, 0.4) is 0 Å². The van der Waals surface area contributed by atoms with E-state index in [-0.39, 0.29) is 17.7 Å². The number of hydrogen-bond donors (Lipinski definition) is 2. The number of aryl methyl sites for hydroxylation is 1. The SMILES string of the molecule is O=C(Nc1cccc(NC(=O)C2CC2)c1)c1noc2c1CCCC2. The highest BCUT2D eigenvalue weighted by atomic mass is 16.5.